The van der Waals surface area contributed by atoms with Crippen LogP contribution in [0.1, 0.15) is 40.9 Å². The van der Waals surface area contributed by atoms with Gasteiger partial charge in [-0.25, -0.2) is 0 Å². The third kappa shape index (κ3) is 5.95. The zero-order valence-corrected chi connectivity index (χ0v) is 15.9. The van der Waals surface area contributed by atoms with Crippen molar-refractivity contribution in [3.8, 4) is 0 Å². The Hall–Kier alpha value is -3.15. The van der Waals surface area contributed by atoms with Crippen LogP contribution in [0, 0.1) is 0 Å². The van der Waals surface area contributed by atoms with Crippen molar-refractivity contribution in [1.82, 2.24) is 15.5 Å². The lowest BCUT2D eigenvalue weighted by Crippen LogP contribution is -2.33. The Bertz CT molecular complexity index is 788. The van der Waals surface area contributed by atoms with E-state index >= 15 is 0 Å². The Morgan fingerprint density at radius 3 is 2.19 bits per heavy atom. The summed E-state index contributed by atoms with van der Waals surface area (Å²) < 4.78 is 0. The van der Waals surface area contributed by atoms with Crippen LogP contribution in [0.15, 0.2) is 54.6 Å². The van der Waals surface area contributed by atoms with Crippen molar-refractivity contribution in [1.29, 1.82) is 0 Å². The first-order valence-corrected chi connectivity index (χ1v) is 8.77. The molecule has 0 saturated heterocycles. The fraction of sp³-hybridized carbons (Fsp3) is 0.286. The Morgan fingerprint density at radius 1 is 1.00 bits per heavy atom. The van der Waals surface area contributed by atoms with Crippen LogP contribution < -0.4 is 10.6 Å². The lowest BCUT2D eigenvalue weighted by molar-refractivity contribution is -0.131. The van der Waals surface area contributed by atoms with E-state index in [0.717, 1.165) is 11.1 Å². The minimum absolute atomic E-state index is 0.0759. The molecule has 0 bridgehead atoms. The van der Waals surface area contributed by atoms with Crippen molar-refractivity contribution in [2.75, 3.05) is 14.1 Å². The molecule has 0 saturated carbocycles. The van der Waals surface area contributed by atoms with Crippen LogP contribution in [0.3, 0.4) is 0 Å². The summed E-state index contributed by atoms with van der Waals surface area (Å²) in [5.74, 6) is -0.399. The van der Waals surface area contributed by atoms with Gasteiger partial charge in [0.25, 0.3) is 5.91 Å². The van der Waals surface area contributed by atoms with E-state index in [9.17, 15) is 14.4 Å². The molecular weight excluding hydrogens is 342 g/mol. The largest absolute Gasteiger partial charge is 0.355 e. The summed E-state index contributed by atoms with van der Waals surface area (Å²) in [4.78, 5) is 37.4. The van der Waals surface area contributed by atoms with Crippen LogP contribution in [-0.4, -0.2) is 36.7 Å². The SMILES string of the molecule is CNC(=O)c1ccc(CN(C)C(=O)CC(NC(C)=O)c2ccccc2)cc1. The maximum absolute atomic E-state index is 12.6. The lowest BCUT2D eigenvalue weighted by Gasteiger charge is -2.23. The molecule has 2 rings (SSSR count). The highest BCUT2D eigenvalue weighted by Crippen LogP contribution is 2.18. The highest BCUT2D eigenvalue weighted by molar-refractivity contribution is 5.93. The molecule has 0 aliphatic rings. The number of nitrogens with one attached hydrogen (secondary N) is 2. The maximum atomic E-state index is 12.6. The van der Waals surface area contributed by atoms with Crippen molar-refractivity contribution < 1.29 is 14.4 Å². The predicted octanol–water partition coefficient (Wildman–Crippen LogP) is 2.27. The molecular formula is C21H25N3O3. The lowest BCUT2D eigenvalue weighted by atomic mass is 10.0. The highest BCUT2D eigenvalue weighted by Gasteiger charge is 2.19. The molecule has 0 aliphatic heterocycles. The standard InChI is InChI=1S/C21H25N3O3/c1-15(25)23-19(17-7-5-4-6-8-17)13-20(26)24(3)14-16-9-11-18(12-10-16)21(27)22-2/h4-12,19H,13-14H2,1-3H3,(H,22,27)(H,23,25). The minimum atomic E-state index is -0.366. The number of rotatable bonds is 7. The topological polar surface area (TPSA) is 78.5 Å². The minimum Gasteiger partial charge on any atom is -0.355 e. The number of hydrogen-bond donors (Lipinski definition) is 2. The fourth-order valence-electron chi connectivity index (χ4n) is 2.78. The summed E-state index contributed by atoms with van der Waals surface area (Å²) in [6.07, 6.45) is 0.177. The Morgan fingerprint density at radius 2 is 1.63 bits per heavy atom. The van der Waals surface area contributed by atoms with E-state index in [4.69, 9.17) is 0 Å². The van der Waals surface area contributed by atoms with Gasteiger partial charge in [0.05, 0.1) is 12.5 Å². The second-order valence-corrected chi connectivity index (χ2v) is 6.39. The number of hydrogen-bond acceptors (Lipinski definition) is 3. The monoisotopic (exact) mass is 367 g/mol. The predicted molar refractivity (Wildman–Crippen MR) is 104 cm³/mol. The second kappa shape index (κ2) is 9.52. The molecule has 0 spiro atoms. The second-order valence-electron chi connectivity index (χ2n) is 6.39. The van der Waals surface area contributed by atoms with E-state index in [-0.39, 0.29) is 30.2 Å². The van der Waals surface area contributed by atoms with Gasteiger partial charge in [-0.2, -0.15) is 0 Å². The molecule has 2 aromatic rings. The summed E-state index contributed by atoms with van der Waals surface area (Å²) in [7, 11) is 3.31. The first-order valence-electron chi connectivity index (χ1n) is 8.77. The van der Waals surface area contributed by atoms with Crippen LogP contribution in [-0.2, 0) is 16.1 Å². The van der Waals surface area contributed by atoms with Crippen molar-refractivity contribution in [3.63, 3.8) is 0 Å². The van der Waals surface area contributed by atoms with Gasteiger partial charge in [0.2, 0.25) is 11.8 Å². The molecule has 6 nitrogen and oxygen atoms in total. The van der Waals surface area contributed by atoms with E-state index in [1.165, 1.54) is 6.92 Å². The van der Waals surface area contributed by atoms with Crippen LogP contribution in [0.5, 0.6) is 0 Å². The molecule has 0 aliphatic carbocycles. The molecule has 0 fully saturated rings. The van der Waals surface area contributed by atoms with Crippen molar-refractivity contribution >= 4 is 17.7 Å². The zero-order chi connectivity index (χ0) is 19.8. The van der Waals surface area contributed by atoms with Gasteiger partial charge in [0.15, 0.2) is 0 Å². The third-order valence-electron chi connectivity index (χ3n) is 4.25. The molecule has 142 valence electrons. The van der Waals surface area contributed by atoms with Crippen LogP contribution in [0.2, 0.25) is 0 Å². The van der Waals surface area contributed by atoms with Crippen LogP contribution >= 0.6 is 0 Å². The van der Waals surface area contributed by atoms with E-state index in [2.05, 4.69) is 10.6 Å². The molecule has 6 heteroatoms. The smallest absolute Gasteiger partial charge is 0.251 e. The van der Waals surface area contributed by atoms with Gasteiger partial charge >= 0.3 is 0 Å². The first-order chi connectivity index (χ1) is 12.9. The molecule has 1 unspecified atom stereocenters. The Labute approximate surface area is 159 Å². The van der Waals surface area contributed by atoms with Gasteiger partial charge in [-0.1, -0.05) is 42.5 Å². The molecule has 27 heavy (non-hydrogen) atoms. The quantitative estimate of drug-likeness (QED) is 0.788. The maximum Gasteiger partial charge on any atom is 0.251 e. The van der Waals surface area contributed by atoms with Gasteiger partial charge in [0.1, 0.15) is 0 Å². The molecule has 2 N–H and O–H groups in total. The molecule has 2 aromatic carbocycles. The van der Waals surface area contributed by atoms with Crippen LogP contribution in [0.4, 0.5) is 0 Å². The van der Waals surface area contributed by atoms with Crippen molar-refractivity contribution in [2.45, 2.75) is 25.9 Å². The van der Waals surface area contributed by atoms with Crippen molar-refractivity contribution in [3.05, 3.63) is 71.3 Å². The summed E-state index contributed by atoms with van der Waals surface area (Å²) in [6.45, 7) is 1.87. The summed E-state index contributed by atoms with van der Waals surface area (Å²) >= 11 is 0. The van der Waals surface area contributed by atoms with Crippen molar-refractivity contribution in [2.24, 2.45) is 0 Å². The Kier molecular flexibility index (Phi) is 7.11. The number of benzene rings is 2. The normalized spacial score (nSPS) is 11.4. The van der Waals surface area contributed by atoms with Gasteiger partial charge < -0.3 is 15.5 Å². The fourth-order valence-corrected chi connectivity index (χ4v) is 2.78. The average molecular weight is 367 g/mol. The van der Waals surface area contributed by atoms with Gasteiger partial charge in [-0.3, -0.25) is 14.4 Å². The molecule has 0 aromatic heterocycles. The Balaban J connectivity index is 2.02. The highest BCUT2D eigenvalue weighted by atomic mass is 16.2. The van der Waals surface area contributed by atoms with E-state index in [1.807, 2.05) is 42.5 Å². The average Bonchev–Trinajstić information content (AvgIpc) is 2.67. The zero-order valence-electron chi connectivity index (χ0n) is 15.9. The van der Waals surface area contributed by atoms with Gasteiger partial charge in [-0.05, 0) is 23.3 Å². The summed E-state index contributed by atoms with van der Waals surface area (Å²) in [5.41, 5.74) is 2.39. The third-order valence-corrected chi connectivity index (χ3v) is 4.25. The van der Waals surface area contributed by atoms with E-state index in [1.54, 1.807) is 31.1 Å². The molecule has 3 amide bonds. The number of carbonyl (C=O) groups is 3. The van der Waals surface area contributed by atoms with Crippen LogP contribution in [0.25, 0.3) is 0 Å². The summed E-state index contributed by atoms with van der Waals surface area (Å²) in [6, 6.07) is 16.2. The van der Waals surface area contributed by atoms with E-state index in [0.29, 0.717) is 12.1 Å². The van der Waals surface area contributed by atoms with E-state index < -0.39 is 0 Å². The van der Waals surface area contributed by atoms with Gasteiger partial charge in [-0.15, -0.1) is 0 Å². The number of nitrogens with zero attached hydrogens (tertiary/aromatic N) is 1. The number of amides is 3. The molecule has 0 heterocycles. The number of carbonyl (C=O) groups excluding carboxylic acids is 3. The first kappa shape index (κ1) is 20.2. The molecule has 1 atom stereocenters. The summed E-state index contributed by atoms with van der Waals surface area (Å²) in [5, 5.41) is 5.42. The van der Waals surface area contributed by atoms with Gasteiger partial charge in [0, 0.05) is 33.1 Å². The molecule has 0 radical (unpaired) electrons.